The van der Waals surface area contributed by atoms with Gasteiger partial charge in [-0.2, -0.15) is 9.61 Å². The predicted molar refractivity (Wildman–Crippen MR) is 90.7 cm³/mol. The van der Waals surface area contributed by atoms with E-state index >= 15 is 0 Å². The van der Waals surface area contributed by atoms with Gasteiger partial charge in [-0.3, -0.25) is 0 Å². The van der Waals surface area contributed by atoms with Gasteiger partial charge in [0.25, 0.3) is 0 Å². The van der Waals surface area contributed by atoms with E-state index in [9.17, 15) is 0 Å². The summed E-state index contributed by atoms with van der Waals surface area (Å²) in [5.41, 5.74) is 10.2. The molecule has 5 rings (SSSR count). The number of anilines is 1. The molecule has 0 aromatic carbocycles. The van der Waals surface area contributed by atoms with E-state index in [1.165, 1.54) is 49.2 Å². The van der Waals surface area contributed by atoms with Crippen molar-refractivity contribution in [3.63, 3.8) is 0 Å². The molecule has 5 heteroatoms. The molecule has 2 aromatic heterocycles. The van der Waals surface area contributed by atoms with Crippen LogP contribution in [0, 0.1) is 0 Å². The van der Waals surface area contributed by atoms with E-state index in [0.29, 0.717) is 17.5 Å². The summed E-state index contributed by atoms with van der Waals surface area (Å²) in [6.45, 7) is 0. The number of fused-ring (bicyclic) bond motifs is 3. The lowest BCUT2D eigenvalue weighted by molar-refractivity contribution is 0.429. The summed E-state index contributed by atoms with van der Waals surface area (Å²) in [6, 6.07) is 2.85. The number of hydrogen-bond donors (Lipinski definition) is 2. The second-order valence-corrected chi connectivity index (χ2v) is 7.79. The highest BCUT2D eigenvalue weighted by atomic mass is 15.3. The third-order valence-corrected chi connectivity index (χ3v) is 6.36. The van der Waals surface area contributed by atoms with Gasteiger partial charge in [0, 0.05) is 29.1 Å². The van der Waals surface area contributed by atoms with Crippen LogP contribution in [0.1, 0.15) is 62.6 Å². The van der Waals surface area contributed by atoms with Crippen molar-refractivity contribution in [2.24, 2.45) is 5.73 Å². The largest absolute Gasteiger partial charge is 0.367 e. The van der Waals surface area contributed by atoms with Crippen molar-refractivity contribution >= 4 is 11.5 Å². The molecule has 5 nitrogen and oxygen atoms in total. The maximum absolute atomic E-state index is 6.10. The average molecular weight is 311 g/mol. The number of nitrogens with zero attached hydrogens (tertiary/aromatic N) is 3. The van der Waals surface area contributed by atoms with E-state index in [0.717, 1.165) is 31.3 Å². The monoisotopic (exact) mass is 311 g/mol. The molecule has 2 atom stereocenters. The molecular formula is C18H25N5. The second-order valence-electron chi connectivity index (χ2n) is 7.79. The highest BCUT2D eigenvalue weighted by molar-refractivity contribution is 5.59. The quantitative estimate of drug-likeness (QED) is 0.895. The molecule has 2 heterocycles. The van der Waals surface area contributed by atoms with Crippen LogP contribution in [0.5, 0.6) is 0 Å². The lowest BCUT2D eigenvalue weighted by Gasteiger charge is -2.24. The van der Waals surface area contributed by atoms with Crippen LogP contribution in [-0.4, -0.2) is 26.7 Å². The zero-order valence-corrected chi connectivity index (χ0v) is 13.6. The summed E-state index contributed by atoms with van der Waals surface area (Å²) in [5, 5.41) is 8.32. The molecule has 0 saturated heterocycles. The Kier molecular flexibility index (Phi) is 2.96. The van der Waals surface area contributed by atoms with Crippen LogP contribution in [0.25, 0.3) is 5.65 Å². The van der Waals surface area contributed by atoms with Gasteiger partial charge in [-0.05, 0) is 44.9 Å². The summed E-state index contributed by atoms with van der Waals surface area (Å²) in [6.07, 6.45) is 12.9. The van der Waals surface area contributed by atoms with Gasteiger partial charge in [-0.25, -0.2) is 4.98 Å². The number of hydrogen-bond acceptors (Lipinski definition) is 4. The van der Waals surface area contributed by atoms with Crippen molar-refractivity contribution in [1.29, 1.82) is 0 Å². The lowest BCUT2D eigenvalue weighted by atomic mass is 9.83. The number of nitrogens with one attached hydrogen (secondary N) is 1. The Labute approximate surface area is 136 Å². The van der Waals surface area contributed by atoms with E-state index in [-0.39, 0.29) is 0 Å². The topological polar surface area (TPSA) is 68.2 Å². The van der Waals surface area contributed by atoms with Crippen molar-refractivity contribution in [3.8, 4) is 0 Å². The molecule has 122 valence electrons. The lowest BCUT2D eigenvalue weighted by Crippen LogP contribution is -2.24. The van der Waals surface area contributed by atoms with Gasteiger partial charge < -0.3 is 11.1 Å². The highest BCUT2D eigenvalue weighted by Gasteiger charge is 2.44. The molecule has 3 aliphatic rings. The summed E-state index contributed by atoms with van der Waals surface area (Å²) in [5.74, 6) is 1.19. The summed E-state index contributed by atoms with van der Waals surface area (Å²) in [7, 11) is 0. The van der Waals surface area contributed by atoms with Crippen LogP contribution < -0.4 is 11.1 Å². The Morgan fingerprint density at radius 2 is 2.09 bits per heavy atom. The molecule has 0 radical (unpaired) electrons. The molecule has 0 bridgehead atoms. The average Bonchev–Trinajstić information content (AvgIpc) is 3.30. The zero-order chi connectivity index (χ0) is 15.4. The normalized spacial score (nSPS) is 28.7. The van der Waals surface area contributed by atoms with E-state index in [1.54, 1.807) is 0 Å². The Balaban J connectivity index is 1.62. The van der Waals surface area contributed by atoms with Crippen LogP contribution in [0.4, 0.5) is 5.82 Å². The van der Waals surface area contributed by atoms with Crippen LogP contribution >= 0.6 is 0 Å². The van der Waals surface area contributed by atoms with Crippen molar-refractivity contribution in [3.05, 3.63) is 23.5 Å². The minimum atomic E-state index is 0.344. The van der Waals surface area contributed by atoms with Gasteiger partial charge in [-0.1, -0.05) is 12.8 Å². The van der Waals surface area contributed by atoms with Gasteiger partial charge in [-0.15, -0.1) is 0 Å². The summed E-state index contributed by atoms with van der Waals surface area (Å²) >= 11 is 0. The fourth-order valence-corrected chi connectivity index (χ4v) is 5.16. The minimum Gasteiger partial charge on any atom is -0.367 e. The van der Waals surface area contributed by atoms with Gasteiger partial charge >= 0.3 is 0 Å². The maximum atomic E-state index is 6.10. The SMILES string of the molecule is N[C@H]1CC[C@@H](Nc2c3c(nc4ccnn24)C2(CCCC2)CC3)C1. The summed E-state index contributed by atoms with van der Waals surface area (Å²) in [4.78, 5) is 5.04. The number of rotatable bonds is 2. The first kappa shape index (κ1) is 13.8. The van der Waals surface area contributed by atoms with Gasteiger partial charge in [0.15, 0.2) is 5.65 Å². The molecule has 0 unspecified atom stereocenters. The second kappa shape index (κ2) is 4.94. The number of aromatic nitrogens is 3. The first-order chi connectivity index (χ1) is 11.3. The van der Waals surface area contributed by atoms with Crippen molar-refractivity contribution in [1.82, 2.24) is 14.6 Å². The third-order valence-electron chi connectivity index (χ3n) is 6.36. The molecule has 2 fully saturated rings. The van der Waals surface area contributed by atoms with E-state index in [4.69, 9.17) is 10.7 Å². The van der Waals surface area contributed by atoms with Crippen LogP contribution in [0.15, 0.2) is 12.3 Å². The number of nitrogens with two attached hydrogens (primary N) is 1. The Morgan fingerprint density at radius 1 is 1.22 bits per heavy atom. The molecular weight excluding hydrogens is 286 g/mol. The Hall–Kier alpha value is -1.62. The standard InChI is InChI=1S/C18H25N5/c19-12-3-4-13(11-12)21-17-14-5-9-18(7-1-2-8-18)16(14)22-15-6-10-20-23(15)17/h6,10,12-13,21H,1-5,7-9,11,19H2/t12-,13+/m0/s1. The van der Waals surface area contributed by atoms with Crippen molar-refractivity contribution in [2.75, 3.05) is 5.32 Å². The van der Waals surface area contributed by atoms with Gasteiger partial charge in [0.2, 0.25) is 0 Å². The first-order valence-corrected chi connectivity index (χ1v) is 9.14. The molecule has 23 heavy (non-hydrogen) atoms. The predicted octanol–water partition coefficient (Wildman–Crippen LogP) is 2.78. The molecule has 1 spiro atoms. The molecule has 0 amide bonds. The molecule has 3 N–H and O–H groups in total. The minimum absolute atomic E-state index is 0.344. The van der Waals surface area contributed by atoms with Crippen LogP contribution in [0.3, 0.4) is 0 Å². The van der Waals surface area contributed by atoms with E-state index < -0.39 is 0 Å². The van der Waals surface area contributed by atoms with Crippen molar-refractivity contribution < 1.29 is 0 Å². The third kappa shape index (κ3) is 2.02. The van der Waals surface area contributed by atoms with Crippen molar-refractivity contribution in [2.45, 2.75) is 75.3 Å². The van der Waals surface area contributed by atoms with Gasteiger partial charge in [0.1, 0.15) is 5.82 Å². The molecule has 3 aliphatic carbocycles. The fraction of sp³-hybridized carbons (Fsp3) is 0.667. The Bertz CT molecular complexity index is 743. The van der Waals surface area contributed by atoms with E-state index in [2.05, 4.69) is 10.4 Å². The smallest absolute Gasteiger partial charge is 0.157 e. The summed E-state index contributed by atoms with van der Waals surface area (Å²) < 4.78 is 2.01. The Morgan fingerprint density at radius 3 is 2.87 bits per heavy atom. The zero-order valence-electron chi connectivity index (χ0n) is 13.6. The fourth-order valence-electron chi connectivity index (χ4n) is 5.16. The first-order valence-electron chi connectivity index (χ1n) is 9.14. The highest BCUT2D eigenvalue weighted by Crippen LogP contribution is 2.51. The van der Waals surface area contributed by atoms with Crippen LogP contribution in [-0.2, 0) is 11.8 Å². The maximum Gasteiger partial charge on any atom is 0.157 e. The molecule has 0 aliphatic heterocycles. The van der Waals surface area contributed by atoms with Gasteiger partial charge in [0.05, 0.1) is 11.9 Å². The van der Waals surface area contributed by atoms with E-state index in [1.807, 2.05) is 16.8 Å². The molecule has 2 aromatic rings. The van der Waals surface area contributed by atoms with Crippen LogP contribution in [0.2, 0.25) is 0 Å². The molecule has 2 saturated carbocycles.